The molecule has 2 aromatic rings. The summed E-state index contributed by atoms with van der Waals surface area (Å²) >= 11 is 0. The number of ether oxygens (including phenoxy) is 4. The third-order valence-electron chi connectivity index (χ3n) is 4.98. The van der Waals surface area contributed by atoms with Gasteiger partial charge >= 0.3 is 5.97 Å². The summed E-state index contributed by atoms with van der Waals surface area (Å²) in [5.41, 5.74) is 3.12. The average molecular weight is 430 g/mol. The molecule has 7 heteroatoms. The normalized spacial score (nSPS) is 10.4. The summed E-state index contributed by atoms with van der Waals surface area (Å²) in [5, 5.41) is 0. The standard InChI is InChI=1S/C24H31NO6/c1-6-17-7-9-18(10-8-17)15-25(2)22(26)16-31-23(27)12-11-19-13-20(28-3)24(30-5)21(14-19)29-4/h7-10,13-14H,6,11-12,15-16H2,1-5H3. The Balaban J connectivity index is 1.83. The third-order valence-corrected chi connectivity index (χ3v) is 4.98. The smallest absolute Gasteiger partial charge is 0.306 e. The highest BCUT2D eigenvalue weighted by atomic mass is 16.5. The maximum atomic E-state index is 12.3. The van der Waals surface area contributed by atoms with Gasteiger partial charge in [0.25, 0.3) is 5.91 Å². The molecular formula is C24H31NO6. The molecule has 0 radical (unpaired) electrons. The molecule has 2 rings (SSSR count). The van der Waals surface area contributed by atoms with E-state index in [4.69, 9.17) is 18.9 Å². The van der Waals surface area contributed by atoms with Crippen LogP contribution in [0.2, 0.25) is 0 Å². The predicted octanol–water partition coefficient (Wildman–Crippen LogP) is 3.41. The fourth-order valence-electron chi connectivity index (χ4n) is 3.09. The molecule has 0 N–H and O–H groups in total. The summed E-state index contributed by atoms with van der Waals surface area (Å²) in [6.45, 7) is 2.28. The topological polar surface area (TPSA) is 74.3 Å². The van der Waals surface area contributed by atoms with E-state index in [1.165, 1.54) is 26.9 Å². The summed E-state index contributed by atoms with van der Waals surface area (Å²) in [6, 6.07) is 11.7. The Bertz CT molecular complexity index is 853. The van der Waals surface area contributed by atoms with Gasteiger partial charge in [-0.1, -0.05) is 31.2 Å². The van der Waals surface area contributed by atoms with Crippen LogP contribution in [0.25, 0.3) is 0 Å². The van der Waals surface area contributed by atoms with E-state index in [0.717, 1.165) is 17.5 Å². The van der Waals surface area contributed by atoms with Gasteiger partial charge in [-0.05, 0) is 41.7 Å². The zero-order chi connectivity index (χ0) is 22.8. The number of amides is 1. The van der Waals surface area contributed by atoms with Crippen LogP contribution in [0, 0.1) is 0 Å². The molecule has 0 aromatic heterocycles. The minimum Gasteiger partial charge on any atom is -0.493 e. The highest BCUT2D eigenvalue weighted by molar-refractivity contribution is 5.80. The largest absolute Gasteiger partial charge is 0.493 e. The first-order chi connectivity index (χ1) is 14.9. The highest BCUT2D eigenvalue weighted by Gasteiger charge is 2.16. The van der Waals surface area contributed by atoms with E-state index in [0.29, 0.717) is 30.2 Å². The molecule has 7 nitrogen and oxygen atoms in total. The van der Waals surface area contributed by atoms with E-state index in [1.54, 1.807) is 24.1 Å². The fraction of sp³-hybridized carbons (Fsp3) is 0.417. The minimum absolute atomic E-state index is 0.133. The molecule has 0 saturated carbocycles. The Labute approximate surface area is 183 Å². The van der Waals surface area contributed by atoms with Crippen molar-refractivity contribution >= 4 is 11.9 Å². The highest BCUT2D eigenvalue weighted by Crippen LogP contribution is 2.38. The summed E-state index contributed by atoms with van der Waals surface area (Å²) in [4.78, 5) is 26.0. The Morgan fingerprint density at radius 1 is 0.871 bits per heavy atom. The van der Waals surface area contributed by atoms with Gasteiger partial charge in [0.05, 0.1) is 21.3 Å². The lowest BCUT2D eigenvalue weighted by Crippen LogP contribution is -2.30. The van der Waals surface area contributed by atoms with E-state index < -0.39 is 5.97 Å². The molecule has 0 aliphatic heterocycles. The number of likely N-dealkylation sites (N-methyl/N-ethyl adjacent to an activating group) is 1. The molecule has 0 bridgehead atoms. The van der Waals surface area contributed by atoms with E-state index in [-0.39, 0.29) is 18.9 Å². The number of esters is 1. The Kier molecular flexibility index (Phi) is 9.18. The second kappa shape index (κ2) is 11.8. The molecule has 168 valence electrons. The van der Waals surface area contributed by atoms with Crippen molar-refractivity contribution in [1.29, 1.82) is 0 Å². The zero-order valence-corrected chi connectivity index (χ0v) is 18.9. The first-order valence-electron chi connectivity index (χ1n) is 10.2. The molecule has 0 fully saturated rings. The van der Waals surface area contributed by atoms with Crippen LogP contribution in [0.4, 0.5) is 0 Å². The second-order valence-electron chi connectivity index (χ2n) is 7.11. The van der Waals surface area contributed by atoms with Crippen molar-refractivity contribution in [1.82, 2.24) is 4.90 Å². The van der Waals surface area contributed by atoms with Gasteiger partial charge in [-0.15, -0.1) is 0 Å². The number of carbonyl (C=O) groups excluding carboxylic acids is 2. The van der Waals surface area contributed by atoms with Crippen molar-refractivity contribution in [3.8, 4) is 17.2 Å². The molecule has 0 unspecified atom stereocenters. The molecule has 1 amide bonds. The minimum atomic E-state index is -0.442. The summed E-state index contributed by atoms with van der Waals surface area (Å²) in [7, 11) is 6.30. The van der Waals surface area contributed by atoms with Gasteiger partial charge in [0.1, 0.15) is 0 Å². The van der Waals surface area contributed by atoms with Gasteiger partial charge < -0.3 is 23.8 Å². The van der Waals surface area contributed by atoms with Crippen LogP contribution in [0.15, 0.2) is 36.4 Å². The lowest BCUT2D eigenvalue weighted by Gasteiger charge is -2.17. The Morgan fingerprint density at radius 2 is 1.45 bits per heavy atom. The van der Waals surface area contributed by atoms with Gasteiger partial charge in [-0.25, -0.2) is 0 Å². The molecule has 0 aliphatic rings. The lowest BCUT2D eigenvalue weighted by atomic mass is 10.1. The maximum absolute atomic E-state index is 12.3. The van der Waals surface area contributed by atoms with Crippen LogP contribution >= 0.6 is 0 Å². The summed E-state index contributed by atoms with van der Waals surface area (Å²) < 4.78 is 21.1. The SMILES string of the molecule is CCc1ccc(CN(C)C(=O)COC(=O)CCc2cc(OC)c(OC)c(OC)c2)cc1. The van der Waals surface area contributed by atoms with Crippen LogP contribution in [0.5, 0.6) is 17.2 Å². The van der Waals surface area contributed by atoms with Crippen molar-refractivity contribution in [2.75, 3.05) is 35.0 Å². The average Bonchev–Trinajstić information content (AvgIpc) is 2.80. The molecule has 0 saturated heterocycles. The van der Waals surface area contributed by atoms with E-state index in [2.05, 4.69) is 19.1 Å². The predicted molar refractivity (Wildman–Crippen MR) is 118 cm³/mol. The van der Waals surface area contributed by atoms with Crippen LogP contribution in [0.1, 0.15) is 30.0 Å². The van der Waals surface area contributed by atoms with Crippen molar-refractivity contribution in [3.63, 3.8) is 0 Å². The number of benzene rings is 2. The van der Waals surface area contributed by atoms with Gasteiger partial charge in [0, 0.05) is 20.0 Å². The van der Waals surface area contributed by atoms with E-state index in [9.17, 15) is 9.59 Å². The number of rotatable bonds is 11. The van der Waals surface area contributed by atoms with Gasteiger partial charge in [0.15, 0.2) is 18.1 Å². The van der Waals surface area contributed by atoms with Gasteiger partial charge in [-0.3, -0.25) is 9.59 Å². The second-order valence-corrected chi connectivity index (χ2v) is 7.11. The lowest BCUT2D eigenvalue weighted by molar-refractivity contribution is -0.151. The quantitative estimate of drug-likeness (QED) is 0.510. The first kappa shape index (κ1) is 24.1. The summed E-state index contributed by atoms with van der Waals surface area (Å²) in [6.07, 6.45) is 1.53. The number of hydrogen-bond donors (Lipinski definition) is 0. The van der Waals surface area contributed by atoms with Crippen LogP contribution in [-0.2, 0) is 33.7 Å². The Hall–Kier alpha value is -3.22. The third kappa shape index (κ3) is 6.91. The number of nitrogens with zero attached hydrogens (tertiary/aromatic N) is 1. The van der Waals surface area contributed by atoms with Crippen LogP contribution < -0.4 is 14.2 Å². The molecule has 0 aliphatic carbocycles. The molecule has 2 aromatic carbocycles. The fourth-order valence-corrected chi connectivity index (χ4v) is 3.09. The number of aryl methyl sites for hydroxylation is 2. The number of carbonyl (C=O) groups is 2. The Morgan fingerprint density at radius 3 is 1.97 bits per heavy atom. The number of hydrogen-bond acceptors (Lipinski definition) is 6. The van der Waals surface area contributed by atoms with E-state index >= 15 is 0 Å². The zero-order valence-electron chi connectivity index (χ0n) is 18.9. The van der Waals surface area contributed by atoms with Crippen LogP contribution in [-0.4, -0.2) is 51.8 Å². The maximum Gasteiger partial charge on any atom is 0.306 e. The van der Waals surface area contributed by atoms with E-state index in [1.807, 2.05) is 12.1 Å². The molecule has 0 heterocycles. The number of methoxy groups -OCH3 is 3. The molecule has 0 spiro atoms. The van der Waals surface area contributed by atoms with Gasteiger partial charge in [-0.2, -0.15) is 0 Å². The van der Waals surface area contributed by atoms with Gasteiger partial charge in [0.2, 0.25) is 5.75 Å². The van der Waals surface area contributed by atoms with Crippen molar-refractivity contribution < 1.29 is 28.5 Å². The monoisotopic (exact) mass is 429 g/mol. The molecular weight excluding hydrogens is 398 g/mol. The van der Waals surface area contributed by atoms with Crippen LogP contribution in [0.3, 0.4) is 0 Å². The summed E-state index contributed by atoms with van der Waals surface area (Å²) in [5.74, 6) is 0.848. The van der Waals surface area contributed by atoms with Crippen molar-refractivity contribution in [2.24, 2.45) is 0 Å². The van der Waals surface area contributed by atoms with Crippen molar-refractivity contribution in [3.05, 3.63) is 53.1 Å². The molecule has 31 heavy (non-hydrogen) atoms. The van der Waals surface area contributed by atoms with Crippen molar-refractivity contribution in [2.45, 2.75) is 32.7 Å². The first-order valence-corrected chi connectivity index (χ1v) is 10.2. The molecule has 0 atom stereocenters.